The van der Waals surface area contributed by atoms with Gasteiger partial charge in [-0.05, 0) is 44.5 Å². The number of hydrogen-bond acceptors (Lipinski definition) is 2. The molecule has 1 aromatic carbocycles. The number of aromatic amines is 1. The van der Waals surface area contributed by atoms with E-state index in [1.807, 2.05) is 18.3 Å². The van der Waals surface area contributed by atoms with Gasteiger partial charge in [-0.3, -0.25) is 4.98 Å². The van der Waals surface area contributed by atoms with Gasteiger partial charge >= 0.3 is 0 Å². The molecule has 3 heteroatoms. The molecule has 96 valence electrons. The number of aryl methyl sites for hydroxylation is 1. The monoisotopic (exact) mass is 251 g/mol. The highest BCUT2D eigenvalue weighted by atomic mass is 14.9. The largest absolute Gasteiger partial charge is 0.342 e. The number of allylic oxidation sites excluding steroid dienone is 2. The zero-order valence-electron chi connectivity index (χ0n) is 11.3. The Morgan fingerprint density at radius 1 is 1.32 bits per heavy atom. The highest BCUT2D eigenvalue weighted by Crippen LogP contribution is 2.22. The van der Waals surface area contributed by atoms with E-state index in [4.69, 9.17) is 4.98 Å². The number of fused-ring (bicyclic) bond motifs is 3. The topological polar surface area (TPSA) is 41.6 Å². The minimum atomic E-state index is 0.951. The molecule has 0 spiro atoms. The molecule has 2 heterocycles. The van der Waals surface area contributed by atoms with Gasteiger partial charge in [-0.1, -0.05) is 11.6 Å². The van der Waals surface area contributed by atoms with Crippen LogP contribution >= 0.6 is 0 Å². The number of imidazole rings is 1. The number of nitrogens with one attached hydrogen (secondary N) is 1. The van der Waals surface area contributed by atoms with Gasteiger partial charge in [0.05, 0.1) is 16.6 Å². The summed E-state index contributed by atoms with van der Waals surface area (Å²) >= 11 is 0. The SMILES string of the molecule is CC=C(C)CCc1nc2c(ccc3ncccc32)[nH]1. The number of H-pyrrole nitrogens is 1. The van der Waals surface area contributed by atoms with E-state index < -0.39 is 0 Å². The highest BCUT2D eigenvalue weighted by molar-refractivity contribution is 6.02. The second kappa shape index (κ2) is 4.84. The van der Waals surface area contributed by atoms with Crippen molar-refractivity contribution in [3.05, 3.63) is 47.9 Å². The first-order chi connectivity index (χ1) is 9.28. The van der Waals surface area contributed by atoms with Gasteiger partial charge in [-0.2, -0.15) is 0 Å². The summed E-state index contributed by atoms with van der Waals surface area (Å²) in [5, 5.41) is 1.12. The zero-order chi connectivity index (χ0) is 13.2. The fourth-order valence-electron chi connectivity index (χ4n) is 2.25. The minimum absolute atomic E-state index is 0.951. The number of hydrogen-bond donors (Lipinski definition) is 1. The van der Waals surface area contributed by atoms with Crippen molar-refractivity contribution in [2.45, 2.75) is 26.7 Å². The van der Waals surface area contributed by atoms with E-state index in [9.17, 15) is 0 Å². The maximum absolute atomic E-state index is 4.72. The van der Waals surface area contributed by atoms with Crippen LogP contribution in [0.4, 0.5) is 0 Å². The van der Waals surface area contributed by atoms with Crippen LogP contribution in [0.5, 0.6) is 0 Å². The summed E-state index contributed by atoms with van der Waals surface area (Å²) < 4.78 is 0. The van der Waals surface area contributed by atoms with Crippen LogP contribution in [0.2, 0.25) is 0 Å². The Labute approximate surface area is 112 Å². The summed E-state index contributed by atoms with van der Waals surface area (Å²) in [4.78, 5) is 12.5. The van der Waals surface area contributed by atoms with Crippen molar-refractivity contribution in [3.8, 4) is 0 Å². The first kappa shape index (κ1) is 11.9. The fraction of sp³-hybridized carbons (Fsp3) is 0.250. The molecule has 19 heavy (non-hydrogen) atoms. The molecule has 0 radical (unpaired) electrons. The standard InChI is InChI=1S/C16H17N3/c1-3-11(2)6-9-15-18-14-8-7-13-12(16(14)19-15)5-4-10-17-13/h3-5,7-8,10H,6,9H2,1-2H3,(H,18,19). The van der Waals surface area contributed by atoms with Crippen molar-refractivity contribution < 1.29 is 0 Å². The summed E-state index contributed by atoms with van der Waals surface area (Å²) in [6.07, 6.45) is 5.97. The van der Waals surface area contributed by atoms with Crippen molar-refractivity contribution in [2.24, 2.45) is 0 Å². The molecular formula is C16H17N3. The molecule has 0 aliphatic heterocycles. The first-order valence-electron chi connectivity index (χ1n) is 6.62. The van der Waals surface area contributed by atoms with Gasteiger partial charge in [0, 0.05) is 18.0 Å². The third kappa shape index (κ3) is 2.24. The Kier molecular flexibility index (Phi) is 3.03. The van der Waals surface area contributed by atoms with E-state index in [1.54, 1.807) is 0 Å². The lowest BCUT2D eigenvalue weighted by atomic mass is 10.1. The second-order valence-corrected chi connectivity index (χ2v) is 4.85. The Hall–Kier alpha value is -2.16. The third-order valence-corrected chi connectivity index (χ3v) is 3.53. The van der Waals surface area contributed by atoms with E-state index in [2.05, 4.69) is 42.0 Å². The number of pyridine rings is 1. The van der Waals surface area contributed by atoms with Crippen molar-refractivity contribution in [3.63, 3.8) is 0 Å². The molecular weight excluding hydrogens is 234 g/mol. The molecule has 0 atom stereocenters. The zero-order valence-corrected chi connectivity index (χ0v) is 11.3. The Morgan fingerprint density at radius 2 is 2.21 bits per heavy atom. The van der Waals surface area contributed by atoms with E-state index in [0.29, 0.717) is 0 Å². The first-order valence-corrected chi connectivity index (χ1v) is 6.62. The summed E-state index contributed by atoms with van der Waals surface area (Å²) in [6, 6.07) is 8.13. The Morgan fingerprint density at radius 3 is 3.05 bits per heavy atom. The highest BCUT2D eigenvalue weighted by Gasteiger charge is 2.06. The van der Waals surface area contributed by atoms with E-state index in [-0.39, 0.29) is 0 Å². The maximum Gasteiger partial charge on any atom is 0.107 e. The summed E-state index contributed by atoms with van der Waals surface area (Å²) in [6.45, 7) is 4.23. The van der Waals surface area contributed by atoms with Crippen molar-refractivity contribution in [2.75, 3.05) is 0 Å². The van der Waals surface area contributed by atoms with Crippen molar-refractivity contribution in [1.29, 1.82) is 0 Å². The minimum Gasteiger partial charge on any atom is -0.342 e. The van der Waals surface area contributed by atoms with Gasteiger partial charge < -0.3 is 4.98 Å². The van der Waals surface area contributed by atoms with Crippen molar-refractivity contribution in [1.82, 2.24) is 15.0 Å². The molecule has 0 saturated heterocycles. The van der Waals surface area contributed by atoms with E-state index >= 15 is 0 Å². The van der Waals surface area contributed by atoms with Gasteiger partial charge in [-0.25, -0.2) is 4.98 Å². The predicted molar refractivity (Wildman–Crippen MR) is 79.1 cm³/mol. The molecule has 3 nitrogen and oxygen atoms in total. The molecule has 3 rings (SSSR count). The van der Waals surface area contributed by atoms with Crippen molar-refractivity contribution >= 4 is 21.9 Å². The molecule has 0 fully saturated rings. The molecule has 0 bridgehead atoms. The normalized spacial score (nSPS) is 12.4. The van der Waals surface area contributed by atoms with Crippen LogP contribution < -0.4 is 0 Å². The summed E-state index contributed by atoms with van der Waals surface area (Å²) in [5.74, 6) is 1.05. The van der Waals surface area contributed by atoms with Crippen LogP contribution in [0.15, 0.2) is 42.1 Å². The van der Waals surface area contributed by atoms with E-state index in [1.165, 1.54) is 5.57 Å². The molecule has 0 amide bonds. The van der Waals surface area contributed by atoms with Crippen LogP contribution in [0.3, 0.4) is 0 Å². The van der Waals surface area contributed by atoms with Crippen LogP contribution in [-0.2, 0) is 6.42 Å². The van der Waals surface area contributed by atoms with Crippen LogP contribution in [0.25, 0.3) is 21.9 Å². The molecule has 3 aromatic rings. The molecule has 1 N–H and O–H groups in total. The lowest BCUT2D eigenvalue weighted by Gasteiger charge is -1.96. The molecule has 2 aromatic heterocycles. The number of rotatable bonds is 3. The average molecular weight is 251 g/mol. The third-order valence-electron chi connectivity index (χ3n) is 3.53. The second-order valence-electron chi connectivity index (χ2n) is 4.85. The number of benzene rings is 1. The molecule has 0 aliphatic rings. The smallest absolute Gasteiger partial charge is 0.107 e. The van der Waals surface area contributed by atoms with Gasteiger partial charge in [0.25, 0.3) is 0 Å². The Bertz CT molecular complexity index is 753. The summed E-state index contributed by atoms with van der Waals surface area (Å²) in [5.41, 5.74) is 4.51. The van der Waals surface area contributed by atoms with Gasteiger partial charge in [0.2, 0.25) is 0 Å². The predicted octanol–water partition coefficient (Wildman–Crippen LogP) is 4.01. The number of nitrogens with zero attached hydrogens (tertiary/aromatic N) is 2. The van der Waals surface area contributed by atoms with Crippen LogP contribution in [0, 0.1) is 0 Å². The lowest BCUT2D eigenvalue weighted by molar-refractivity contribution is 0.876. The quantitative estimate of drug-likeness (QED) is 0.714. The molecule has 0 saturated carbocycles. The average Bonchev–Trinajstić information content (AvgIpc) is 2.88. The van der Waals surface area contributed by atoms with Gasteiger partial charge in [0.1, 0.15) is 5.82 Å². The summed E-state index contributed by atoms with van der Waals surface area (Å²) in [7, 11) is 0. The lowest BCUT2D eigenvalue weighted by Crippen LogP contribution is -1.88. The van der Waals surface area contributed by atoms with E-state index in [0.717, 1.165) is 40.6 Å². The fourth-order valence-corrected chi connectivity index (χ4v) is 2.25. The van der Waals surface area contributed by atoms with Crippen LogP contribution in [0.1, 0.15) is 26.1 Å². The van der Waals surface area contributed by atoms with Gasteiger partial charge in [0.15, 0.2) is 0 Å². The maximum atomic E-state index is 4.72. The molecule has 0 aliphatic carbocycles. The number of aromatic nitrogens is 3. The van der Waals surface area contributed by atoms with Gasteiger partial charge in [-0.15, -0.1) is 0 Å². The Balaban J connectivity index is 2.03. The van der Waals surface area contributed by atoms with Crippen LogP contribution in [-0.4, -0.2) is 15.0 Å². The molecule has 0 unspecified atom stereocenters.